The topological polar surface area (TPSA) is 224 Å². The van der Waals surface area contributed by atoms with Crippen LogP contribution in [0.15, 0.2) is 161 Å². The molecule has 696 valence electrons. The number of carbonyl (C=O) groups is 4. The molecule has 0 bridgehead atoms. The monoisotopic (exact) mass is 1900 g/mol. The lowest BCUT2D eigenvalue weighted by Crippen LogP contribution is -2.41. The minimum Gasteiger partial charge on any atom is -0.490 e. The molecule has 2 aliphatic carbocycles. The first-order valence-electron chi connectivity index (χ1n) is 45.1. The van der Waals surface area contributed by atoms with E-state index in [1.807, 2.05) is 152 Å². The van der Waals surface area contributed by atoms with Crippen LogP contribution in [0.25, 0.3) is 22.3 Å². The van der Waals surface area contributed by atoms with Crippen LogP contribution in [0.1, 0.15) is 246 Å². The largest absolute Gasteiger partial charge is 0.494 e. The Labute approximate surface area is 783 Å². The van der Waals surface area contributed by atoms with E-state index in [-0.39, 0.29) is 70.4 Å². The Morgan fingerprint density at radius 1 is 0.465 bits per heavy atom. The van der Waals surface area contributed by atoms with Gasteiger partial charge in [-0.05, 0) is 286 Å². The zero-order valence-electron chi connectivity index (χ0n) is 78.8. The number of ether oxygens (including phenoxy) is 10. The van der Waals surface area contributed by atoms with Crippen LogP contribution >= 0.6 is 31.9 Å². The van der Waals surface area contributed by atoms with E-state index in [0.717, 1.165) is 85.4 Å². The number of methoxy groups -OCH3 is 1. The first kappa shape index (κ1) is 103. The van der Waals surface area contributed by atoms with Gasteiger partial charge in [-0.3, -0.25) is 14.6 Å². The number of anilines is 2. The molecular formula is C104H136B2Br2N2O19. The normalized spacial score (nSPS) is 15.7. The number of amides is 2. The van der Waals surface area contributed by atoms with Crippen molar-refractivity contribution in [3.05, 3.63) is 227 Å². The number of ketones is 1. The highest BCUT2D eigenvalue weighted by atomic mass is 79.9. The highest BCUT2D eigenvalue weighted by Crippen LogP contribution is 2.59. The maximum absolute atomic E-state index is 14.2. The molecule has 8 aromatic rings. The van der Waals surface area contributed by atoms with Crippen LogP contribution in [-0.4, -0.2) is 184 Å². The molecule has 0 unspecified atom stereocenters. The predicted octanol–water partition coefficient (Wildman–Crippen LogP) is 21.1. The second-order valence-electron chi connectivity index (χ2n) is 37.4. The van der Waals surface area contributed by atoms with Crippen LogP contribution in [0.3, 0.4) is 0 Å². The van der Waals surface area contributed by atoms with Crippen molar-refractivity contribution in [2.75, 3.05) is 117 Å². The van der Waals surface area contributed by atoms with Gasteiger partial charge in [-0.15, -0.1) is 0 Å². The summed E-state index contributed by atoms with van der Waals surface area (Å²) in [4.78, 5) is 57.6. The average Bonchev–Trinajstić information content (AvgIpc) is 1.53. The summed E-state index contributed by atoms with van der Waals surface area (Å²) in [6.45, 7) is 36.8. The predicted molar refractivity (Wildman–Crippen MR) is 520 cm³/mol. The van der Waals surface area contributed by atoms with Gasteiger partial charge in [0, 0.05) is 41.1 Å². The maximum atomic E-state index is 14.2. The van der Waals surface area contributed by atoms with Crippen LogP contribution in [0.4, 0.5) is 21.0 Å². The number of carbonyl (C=O) groups excluding carboxylic acids is 4. The SMILES string of the molecule is C.CCCCCCc1cccc(C2(CCCCc3ccc(N(C)C(=O)OC(C)(C)C)c(N(C)C(=O)OC(C)(C)C)c3)c3cc(Br)ccc3-c3ccc(Br)cc32)c1.CCOC(=O)c1cc(C2(c3ccc(COCCOCCOCCO)c(C(C)=O)c3)c3cc(B4OC(C)(C)C(C)(C)O4)ccc3-c3ccc(B4OC(C)(C)C(C)(C)O4)cc32)ccc1OCCOCCOCCOC. The van der Waals surface area contributed by atoms with Crippen LogP contribution in [-0.2, 0) is 91.5 Å². The fraction of sp³-hybridized carbons (Fsp3) is 0.500. The summed E-state index contributed by atoms with van der Waals surface area (Å²) in [5, 5.41) is 8.98. The van der Waals surface area contributed by atoms with E-state index in [0.29, 0.717) is 80.1 Å². The highest BCUT2D eigenvalue weighted by Gasteiger charge is 2.56. The maximum Gasteiger partial charge on any atom is 0.494 e. The Kier molecular flexibility index (Phi) is 35.6. The number of rotatable bonds is 40. The van der Waals surface area contributed by atoms with Gasteiger partial charge in [-0.2, -0.15) is 0 Å². The standard InChI is InChI=1S/C56H74B2O15.C47H58Br2N2O4.CH4/c1-12-68-51(61)47-34-41(15-20-50(47)69-32-31-66-28-27-64-24-23-62-11)56(40-14-13-39(46(33-40)38(2)60)37-67-30-29-65-26-25-63-22-21-59)48-35-42(57-70-52(3,4)53(5,6)71-57)16-18-44(48)45-19-17-43(36-49(45)56)58-72-54(7,8)55(9,10)73-58;1-10-11-12-13-17-32-19-16-20-34(28-32)47(39-30-35(48)22-24-37(39)38-25-23-36(49)31-40(38)47)27-15-14-18-33-21-26-41(50(8)43(52)54-45(2,3)4)42(29-33)51(9)44(53)55-46(5,6)7;/h13-20,33-36,59H,12,21-32,37H2,1-11H3;16,19-26,28-31H,10-15,17-18,27H2,1-9H3;1H4. The molecular weight excluding hydrogens is 1760 g/mol. The molecule has 2 fully saturated rings. The second-order valence-corrected chi connectivity index (χ2v) is 39.2. The molecule has 2 aliphatic heterocycles. The molecule has 2 amide bonds. The van der Waals surface area contributed by atoms with Gasteiger partial charge in [0.25, 0.3) is 0 Å². The number of benzene rings is 8. The summed E-state index contributed by atoms with van der Waals surface area (Å²) in [6, 6.07) is 52.9. The number of unbranched alkanes of at least 4 members (excludes halogenated alkanes) is 4. The van der Waals surface area contributed by atoms with Crippen molar-refractivity contribution in [1.29, 1.82) is 0 Å². The van der Waals surface area contributed by atoms with E-state index in [4.69, 9.17) is 71.1 Å². The van der Waals surface area contributed by atoms with Gasteiger partial charge in [0.1, 0.15) is 29.1 Å². The number of esters is 1. The second kappa shape index (κ2) is 44.6. The Morgan fingerprint density at radius 3 is 1.43 bits per heavy atom. The Morgan fingerprint density at radius 2 is 0.930 bits per heavy atom. The molecule has 0 radical (unpaired) electrons. The zero-order chi connectivity index (χ0) is 92.7. The quantitative estimate of drug-likeness (QED) is 0.0124. The minimum atomic E-state index is -1.20. The van der Waals surface area contributed by atoms with Crippen LogP contribution in [0.2, 0.25) is 0 Å². The van der Waals surface area contributed by atoms with E-state index in [9.17, 15) is 19.2 Å². The lowest BCUT2D eigenvalue weighted by molar-refractivity contribution is 0.00443. The van der Waals surface area contributed by atoms with Crippen LogP contribution < -0.4 is 25.5 Å². The smallest absolute Gasteiger partial charge is 0.490 e. The Hall–Kier alpha value is -8.11. The third-order valence-electron chi connectivity index (χ3n) is 24.9. The number of hydrogen-bond acceptors (Lipinski definition) is 19. The molecule has 21 nitrogen and oxygen atoms in total. The van der Waals surface area contributed by atoms with Crippen molar-refractivity contribution in [2.24, 2.45) is 0 Å². The van der Waals surface area contributed by atoms with Crippen LogP contribution in [0, 0.1) is 0 Å². The highest BCUT2D eigenvalue weighted by molar-refractivity contribution is 9.10. The number of halogens is 2. The molecule has 12 rings (SSSR count). The van der Waals surface area contributed by atoms with E-state index in [1.54, 1.807) is 41.1 Å². The first-order valence-corrected chi connectivity index (χ1v) is 46.7. The van der Waals surface area contributed by atoms with Gasteiger partial charge >= 0.3 is 32.4 Å². The van der Waals surface area contributed by atoms with Gasteiger partial charge in [-0.1, -0.05) is 169 Å². The average molecular weight is 1900 g/mol. The molecule has 2 heterocycles. The molecule has 0 spiro atoms. The summed E-state index contributed by atoms with van der Waals surface area (Å²) in [5.41, 5.74) is 13.0. The fourth-order valence-electron chi connectivity index (χ4n) is 17.0. The van der Waals surface area contributed by atoms with Gasteiger partial charge < -0.3 is 71.1 Å². The Balaban J connectivity index is 0.000000277. The summed E-state index contributed by atoms with van der Waals surface area (Å²) >= 11 is 7.66. The van der Waals surface area contributed by atoms with Crippen molar-refractivity contribution < 1.29 is 90.3 Å². The molecule has 2 saturated heterocycles. The van der Waals surface area contributed by atoms with Crippen molar-refractivity contribution in [3.8, 4) is 28.0 Å². The number of Topliss-reactive ketones (excluding diaryl/α,β-unsaturated/α-hetero) is 1. The van der Waals surface area contributed by atoms with E-state index >= 15 is 0 Å². The van der Waals surface area contributed by atoms with Crippen molar-refractivity contribution in [3.63, 3.8) is 0 Å². The third kappa shape index (κ3) is 24.3. The lowest BCUT2D eigenvalue weighted by atomic mass is 9.64. The number of aliphatic hydroxyl groups is 1. The van der Waals surface area contributed by atoms with Crippen molar-refractivity contribution in [1.82, 2.24) is 0 Å². The Bertz CT molecular complexity index is 5000. The molecule has 0 saturated carbocycles. The minimum absolute atomic E-state index is 0. The lowest BCUT2D eigenvalue weighted by Gasteiger charge is -2.35. The molecule has 0 aromatic heterocycles. The van der Waals surface area contributed by atoms with Crippen LogP contribution in [0.5, 0.6) is 5.75 Å². The molecule has 8 aromatic carbocycles. The molecule has 4 aliphatic rings. The van der Waals surface area contributed by atoms with Crippen molar-refractivity contribution in [2.45, 2.75) is 234 Å². The van der Waals surface area contributed by atoms with E-state index in [1.165, 1.54) is 68.9 Å². The number of aliphatic hydroxyl groups excluding tert-OH is 1. The fourth-order valence-corrected chi connectivity index (χ4v) is 17.7. The van der Waals surface area contributed by atoms with Gasteiger partial charge in [0.05, 0.1) is 125 Å². The van der Waals surface area contributed by atoms with Gasteiger partial charge in [-0.25, -0.2) is 14.4 Å². The summed E-state index contributed by atoms with van der Waals surface area (Å²) < 4.78 is 85.8. The van der Waals surface area contributed by atoms with Gasteiger partial charge in [0.15, 0.2) is 5.78 Å². The molecule has 25 heteroatoms. The number of aryl methyl sites for hydroxylation is 2. The van der Waals surface area contributed by atoms with E-state index < -0.39 is 71.4 Å². The van der Waals surface area contributed by atoms with E-state index in [2.05, 4.69) is 130 Å². The molecule has 1 N–H and O–H groups in total. The molecule has 129 heavy (non-hydrogen) atoms. The van der Waals surface area contributed by atoms with Gasteiger partial charge in [0.2, 0.25) is 0 Å². The number of fused-ring (bicyclic) bond motifs is 6. The number of nitrogens with zero attached hydrogens (tertiary/aromatic N) is 2. The molecule has 0 atom stereocenters. The van der Waals surface area contributed by atoms with Crippen molar-refractivity contribution >= 4 is 92.3 Å². The summed E-state index contributed by atoms with van der Waals surface area (Å²) in [7, 11) is 3.58. The number of hydrogen-bond donors (Lipinski definition) is 1. The third-order valence-corrected chi connectivity index (χ3v) is 25.9. The zero-order valence-corrected chi connectivity index (χ0v) is 82.0. The first-order chi connectivity index (χ1) is 60.7. The summed E-state index contributed by atoms with van der Waals surface area (Å²) in [5.74, 6) is -0.384. The summed E-state index contributed by atoms with van der Waals surface area (Å²) in [6.07, 6.45) is 8.69.